The van der Waals surface area contributed by atoms with Crippen LogP contribution in [0.2, 0.25) is 15.1 Å². The summed E-state index contributed by atoms with van der Waals surface area (Å²) < 4.78 is 12.1. The third-order valence-corrected chi connectivity index (χ3v) is 6.54. The van der Waals surface area contributed by atoms with Crippen LogP contribution in [-0.2, 0) is 13.1 Å². The van der Waals surface area contributed by atoms with Crippen molar-refractivity contribution >= 4 is 46.7 Å². The largest absolute Gasteiger partial charge is 0.478 e. The third-order valence-electron chi connectivity index (χ3n) is 5.55. The molecule has 7 heteroatoms. The summed E-state index contributed by atoms with van der Waals surface area (Å²) >= 11 is 18.1. The standard InChI is InChI=1S/C25H18Cl3NO3/c1-14-8-21-18(12-29(13-31-21)11-15-2-5-17(26)6-3-15)25-23(14)24(30)22(32-25)10-16-4-7-19(27)20(28)9-16/h2-10H,11-13H2,1H3/b22-10-. The molecule has 2 heterocycles. The molecule has 0 N–H and O–H groups in total. The minimum absolute atomic E-state index is 0.152. The SMILES string of the molecule is Cc1cc2c(c3c1C(=O)/C(=C/c1ccc(Cl)c(Cl)c1)O3)CN(Cc1ccc(Cl)cc1)CO2. The molecule has 0 saturated carbocycles. The van der Waals surface area contributed by atoms with Crippen molar-refractivity contribution in [1.82, 2.24) is 4.90 Å². The molecule has 3 aromatic rings. The summed E-state index contributed by atoms with van der Waals surface area (Å²) in [5.41, 5.74) is 4.14. The van der Waals surface area contributed by atoms with Gasteiger partial charge in [-0.25, -0.2) is 0 Å². The van der Waals surface area contributed by atoms with E-state index in [-0.39, 0.29) is 11.5 Å². The van der Waals surface area contributed by atoms with E-state index in [1.54, 1.807) is 24.3 Å². The monoisotopic (exact) mass is 485 g/mol. The third kappa shape index (κ3) is 4.00. The average molecular weight is 487 g/mol. The number of fused-ring (bicyclic) bond motifs is 3. The van der Waals surface area contributed by atoms with Gasteiger partial charge in [-0.1, -0.05) is 53.0 Å². The zero-order valence-electron chi connectivity index (χ0n) is 17.1. The fourth-order valence-electron chi connectivity index (χ4n) is 3.98. The Morgan fingerprint density at radius 2 is 1.81 bits per heavy atom. The number of allylic oxidation sites excluding steroid dienone is 1. The second-order valence-corrected chi connectivity index (χ2v) is 9.13. The molecule has 0 saturated heterocycles. The Balaban J connectivity index is 1.46. The smallest absolute Gasteiger partial charge is 0.232 e. The van der Waals surface area contributed by atoms with Crippen LogP contribution in [0.4, 0.5) is 0 Å². The molecule has 0 amide bonds. The number of benzene rings is 3. The Bertz CT molecular complexity index is 1270. The molecule has 0 bridgehead atoms. The highest BCUT2D eigenvalue weighted by Gasteiger charge is 2.35. The molecule has 0 aromatic heterocycles. The lowest BCUT2D eigenvalue weighted by Gasteiger charge is -2.30. The first-order valence-electron chi connectivity index (χ1n) is 10.0. The molecular weight excluding hydrogens is 469 g/mol. The van der Waals surface area contributed by atoms with Gasteiger partial charge in [-0.3, -0.25) is 9.69 Å². The van der Waals surface area contributed by atoms with Gasteiger partial charge >= 0.3 is 0 Å². The summed E-state index contributed by atoms with van der Waals surface area (Å²) in [5.74, 6) is 1.42. The van der Waals surface area contributed by atoms with Gasteiger partial charge in [-0.15, -0.1) is 0 Å². The molecule has 0 aliphatic carbocycles. The lowest BCUT2D eigenvalue weighted by Crippen LogP contribution is -2.31. The second-order valence-electron chi connectivity index (χ2n) is 7.87. The van der Waals surface area contributed by atoms with Gasteiger partial charge in [0.15, 0.2) is 5.76 Å². The fourth-order valence-corrected chi connectivity index (χ4v) is 4.41. The Hall–Kier alpha value is -2.50. The maximum Gasteiger partial charge on any atom is 0.232 e. The van der Waals surface area contributed by atoms with Crippen LogP contribution >= 0.6 is 34.8 Å². The number of Topliss-reactive ketones (excluding diaryl/α,β-unsaturated/α-hetero) is 1. The number of carbonyl (C=O) groups is 1. The maximum atomic E-state index is 13.1. The van der Waals surface area contributed by atoms with Gasteiger partial charge in [0, 0.05) is 18.1 Å². The van der Waals surface area contributed by atoms with Gasteiger partial charge in [0.25, 0.3) is 0 Å². The summed E-state index contributed by atoms with van der Waals surface area (Å²) in [6.45, 7) is 3.65. The number of hydrogen-bond donors (Lipinski definition) is 0. The molecule has 3 aromatic carbocycles. The van der Waals surface area contributed by atoms with Gasteiger partial charge < -0.3 is 9.47 Å². The lowest BCUT2D eigenvalue weighted by atomic mass is 9.98. The number of hydrogen-bond acceptors (Lipinski definition) is 4. The molecule has 0 radical (unpaired) electrons. The van der Waals surface area contributed by atoms with E-state index < -0.39 is 0 Å². The topological polar surface area (TPSA) is 38.8 Å². The molecule has 32 heavy (non-hydrogen) atoms. The number of ether oxygens (including phenoxy) is 2. The summed E-state index contributed by atoms with van der Waals surface area (Å²) in [5, 5.41) is 1.58. The molecule has 5 rings (SSSR count). The van der Waals surface area contributed by atoms with Crippen LogP contribution in [0.3, 0.4) is 0 Å². The van der Waals surface area contributed by atoms with Gasteiger partial charge in [-0.2, -0.15) is 0 Å². The normalized spacial score (nSPS) is 16.5. The minimum Gasteiger partial charge on any atom is -0.478 e. The van der Waals surface area contributed by atoms with Crippen LogP contribution in [0.5, 0.6) is 11.5 Å². The Labute approximate surface area is 200 Å². The van der Waals surface area contributed by atoms with E-state index in [1.807, 2.05) is 37.3 Å². The van der Waals surface area contributed by atoms with Crippen LogP contribution in [0.1, 0.15) is 32.6 Å². The summed E-state index contributed by atoms with van der Waals surface area (Å²) in [7, 11) is 0. The van der Waals surface area contributed by atoms with E-state index in [0.717, 1.165) is 28.0 Å². The van der Waals surface area contributed by atoms with Crippen molar-refractivity contribution in [2.75, 3.05) is 6.73 Å². The Kier molecular flexibility index (Phi) is 5.64. The second kappa shape index (κ2) is 8.45. The van der Waals surface area contributed by atoms with Gasteiger partial charge in [0.2, 0.25) is 5.78 Å². The minimum atomic E-state index is -0.152. The lowest BCUT2D eigenvalue weighted by molar-refractivity contribution is 0.0872. The van der Waals surface area contributed by atoms with Crippen molar-refractivity contribution in [3.63, 3.8) is 0 Å². The first-order chi connectivity index (χ1) is 15.4. The van der Waals surface area contributed by atoms with Crippen molar-refractivity contribution in [2.45, 2.75) is 20.0 Å². The molecule has 0 unspecified atom stereocenters. The molecule has 0 spiro atoms. The Morgan fingerprint density at radius 3 is 2.56 bits per heavy atom. The fraction of sp³-hybridized carbons (Fsp3) is 0.160. The van der Waals surface area contributed by atoms with E-state index in [4.69, 9.17) is 44.3 Å². The van der Waals surface area contributed by atoms with Crippen LogP contribution in [-0.4, -0.2) is 17.4 Å². The summed E-state index contributed by atoms with van der Waals surface area (Å²) in [6.07, 6.45) is 1.69. The maximum absolute atomic E-state index is 13.1. The zero-order valence-corrected chi connectivity index (χ0v) is 19.4. The summed E-state index contributed by atoms with van der Waals surface area (Å²) in [4.78, 5) is 15.3. The predicted molar refractivity (Wildman–Crippen MR) is 127 cm³/mol. The number of ketones is 1. The molecule has 2 aliphatic rings. The van der Waals surface area contributed by atoms with Crippen LogP contribution < -0.4 is 9.47 Å². The van der Waals surface area contributed by atoms with Crippen molar-refractivity contribution in [2.24, 2.45) is 0 Å². The highest BCUT2D eigenvalue weighted by atomic mass is 35.5. The van der Waals surface area contributed by atoms with Crippen LogP contribution in [0.25, 0.3) is 6.08 Å². The average Bonchev–Trinajstić information content (AvgIpc) is 3.10. The van der Waals surface area contributed by atoms with E-state index in [1.165, 1.54) is 0 Å². The number of aryl methyl sites for hydroxylation is 1. The number of rotatable bonds is 3. The van der Waals surface area contributed by atoms with E-state index in [2.05, 4.69) is 4.90 Å². The number of nitrogens with zero attached hydrogens (tertiary/aromatic N) is 1. The molecule has 0 atom stereocenters. The molecule has 2 aliphatic heterocycles. The first-order valence-corrected chi connectivity index (χ1v) is 11.2. The van der Waals surface area contributed by atoms with Crippen LogP contribution in [0, 0.1) is 6.92 Å². The Morgan fingerprint density at radius 1 is 1.03 bits per heavy atom. The molecule has 0 fully saturated rings. The van der Waals surface area contributed by atoms with Crippen molar-refractivity contribution in [3.8, 4) is 11.5 Å². The van der Waals surface area contributed by atoms with E-state index in [9.17, 15) is 4.79 Å². The van der Waals surface area contributed by atoms with Gasteiger partial charge in [0.1, 0.15) is 18.2 Å². The van der Waals surface area contributed by atoms with Crippen molar-refractivity contribution < 1.29 is 14.3 Å². The molecule has 4 nitrogen and oxygen atoms in total. The quantitative estimate of drug-likeness (QED) is 0.377. The first kappa shape index (κ1) is 21.4. The van der Waals surface area contributed by atoms with Crippen molar-refractivity contribution in [3.05, 3.63) is 97.2 Å². The van der Waals surface area contributed by atoms with Crippen LogP contribution in [0.15, 0.2) is 54.3 Å². The summed E-state index contributed by atoms with van der Waals surface area (Å²) in [6, 6.07) is 14.8. The number of carbonyl (C=O) groups excluding carboxylic acids is 1. The highest BCUT2D eigenvalue weighted by Crippen LogP contribution is 2.44. The molecular formula is C25H18Cl3NO3. The highest BCUT2D eigenvalue weighted by molar-refractivity contribution is 6.42. The number of halogens is 3. The van der Waals surface area contributed by atoms with Gasteiger partial charge in [0.05, 0.1) is 21.2 Å². The predicted octanol–water partition coefficient (Wildman–Crippen LogP) is 6.92. The van der Waals surface area contributed by atoms with E-state index in [0.29, 0.717) is 46.2 Å². The van der Waals surface area contributed by atoms with Gasteiger partial charge in [-0.05, 0) is 60.0 Å². The van der Waals surface area contributed by atoms with E-state index >= 15 is 0 Å². The van der Waals surface area contributed by atoms with Crippen molar-refractivity contribution in [1.29, 1.82) is 0 Å². The zero-order chi connectivity index (χ0) is 22.4. The molecule has 162 valence electrons.